The highest BCUT2D eigenvalue weighted by Crippen LogP contribution is 2.24. The summed E-state index contributed by atoms with van der Waals surface area (Å²) < 4.78 is 5.32. The number of carbonyl (C=O) groups excluding carboxylic acids is 1. The number of benzene rings is 1. The van der Waals surface area contributed by atoms with Crippen molar-refractivity contribution < 1.29 is 9.53 Å². The summed E-state index contributed by atoms with van der Waals surface area (Å²) in [5.41, 5.74) is 6.60. The van der Waals surface area contributed by atoms with Gasteiger partial charge in [-0.25, -0.2) is 9.78 Å². The number of nitrogen functional groups attached to an aromatic ring is 1. The molecule has 1 aromatic heterocycles. The number of methoxy groups -OCH3 is 1. The number of carbonyl (C=O) groups is 1. The fraction of sp³-hybridized carbons (Fsp3) is 0.0833. The summed E-state index contributed by atoms with van der Waals surface area (Å²) in [5, 5.41) is 3.21. The van der Waals surface area contributed by atoms with E-state index in [0.29, 0.717) is 15.7 Å². The van der Waals surface area contributed by atoms with Crippen LogP contribution in [0, 0.1) is 0 Å². The lowest BCUT2D eigenvalue weighted by Gasteiger charge is -2.08. The average molecular weight is 358 g/mol. The van der Waals surface area contributed by atoms with Gasteiger partial charge in [0, 0.05) is 10.2 Å². The van der Waals surface area contributed by atoms with Crippen molar-refractivity contribution in [3.8, 4) is 0 Å². The zero-order valence-corrected chi connectivity index (χ0v) is 12.7. The molecule has 3 N–H and O–H groups in total. The molecule has 1 heterocycles. The molecule has 2 aromatic rings. The first-order chi connectivity index (χ1) is 9.51. The smallest absolute Gasteiger partial charge is 0.339 e. The van der Waals surface area contributed by atoms with E-state index in [4.69, 9.17) is 22.1 Å². The number of halogens is 2. The second kappa shape index (κ2) is 6.06. The SMILES string of the molecule is COC(=O)c1cc(Nc2ncc(Cl)c(N)n2)ccc1Br. The Bertz CT molecular complexity index is 666. The summed E-state index contributed by atoms with van der Waals surface area (Å²) in [5.74, 6) is 0.0107. The quantitative estimate of drug-likeness (QED) is 0.821. The van der Waals surface area contributed by atoms with Crippen LogP contribution in [-0.2, 0) is 4.74 Å². The molecule has 0 aliphatic carbocycles. The monoisotopic (exact) mass is 356 g/mol. The fourth-order valence-corrected chi connectivity index (χ4v) is 1.94. The summed E-state index contributed by atoms with van der Waals surface area (Å²) in [6.45, 7) is 0. The Morgan fingerprint density at radius 1 is 1.50 bits per heavy atom. The van der Waals surface area contributed by atoms with Crippen LogP contribution in [0.3, 0.4) is 0 Å². The van der Waals surface area contributed by atoms with Crippen molar-refractivity contribution in [1.29, 1.82) is 0 Å². The molecular weight excluding hydrogens is 348 g/mol. The van der Waals surface area contributed by atoms with Gasteiger partial charge in [-0.3, -0.25) is 0 Å². The molecule has 6 nitrogen and oxygen atoms in total. The molecule has 0 unspecified atom stereocenters. The van der Waals surface area contributed by atoms with Crippen LogP contribution < -0.4 is 11.1 Å². The second-order valence-corrected chi connectivity index (χ2v) is 5.00. The molecule has 0 saturated heterocycles. The van der Waals surface area contributed by atoms with E-state index in [1.807, 2.05) is 0 Å². The van der Waals surface area contributed by atoms with Gasteiger partial charge in [-0.15, -0.1) is 0 Å². The van der Waals surface area contributed by atoms with Gasteiger partial charge in [-0.05, 0) is 34.1 Å². The maximum Gasteiger partial charge on any atom is 0.339 e. The second-order valence-electron chi connectivity index (χ2n) is 3.74. The van der Waals surface area contributed by atoms with Crippen LogP contribution >= 0.6 is 27.5 Å². The minimum Gasteiger partial charge on any atom is -0.465 e. The largest absolute Gasteiger partial charge is 0.465 e. The zero-order chi connectivity index (χ0) is 14.7. The van der Waals surface area contributed by atoms with Crippen molar-refractivity contribution in [2.75, 3.05) is 18.2 Å². The third-order valence-electron chi connectivity index (χ3n) is 2.40. The summed E-state index contributed by atoms with van der Waals surface area (Å²) in [4.78, 5) is 19.6. The number of nitrogens with one attached hydrogen (secondary N) is 1. The Hall–Kier alpha value is -1.86. The number of nitrogens with zero attached hydrogens (tertiary/aromatic N) is 2. The maximum atomic E-state index is 11.6. The molecule has 0 aliphatic rings. The Balaban J connectivity index is 2.29. The molecule has 0 radical (unpaired) electrons. The molecule has 104 valence electrons. The van der Waals surface area contributed by atoms with Crippen molar-refractivity contribution in [1.82, 2.24) is 9.97 Å². The van der Waals surface area contributed by atoms with Gasteiger partial charge in [0.25, 0.3) is 0 Å². The highest BCUT2D eigenvalue weighted by atomic mass is 79.9. The molecule has 1 aromatic carbocycles. The first-order valence-corrected chi connectivity index (χ1v) is 6.61. The van der Waals surface area contributed by atoms with E-state index in [2.05, 4.69) is 31.2 Å². The first kappa shape index (κ1) is 14.5. The van der Waals surface area contributed by atoms with E-state index < -0.39 is 5.97 Å². The van der Waals surface area contributed by atoms with E-state index >= 15 is 0 Å². The van der Waals surface area contributed by atoms with Gasteiger partial charge in [-0.2, -0.15) is 4.98 Å². The van der Waals surface area contributed by atoms with Crippen LogP contribution in [0.1, 0.15) is 10.4 Å². The zero-order valence-electron chi connectivity index (χ0n) is 10.4. The van der Waals surface area contributed by atoms with Gasteiger partial charge < -0.3 is 15.8 Å². The number of anilines is 3. The molecule has 0 bridgehead atoms. The first-order valence-electron chi connectivity index (χ1n) is 5.44. The average Bonchev–Trinajstić information content (AvgIpc) is 2.44. The lowest BCUT2D eigenvalue weighted by Crippen LogP contribution is -2.04. The summed E-state index contributed by atoms with van der Waals surface area (Å²) >= 11 is 9.03. The molecule has 8 heteroatoms. The minimum absolute atomic E-state index is 0.175. The van der Waals surface area contributed by atoms with Crippen molar-refractivity contribution in [2.45, 2.75) is 0 Å². The maximum absolute atomic E-state index is 11.6. The lowest BCUT2D eigenvalue weighted by molar-refractivity contribution is 0.0599. The Labute approximate surface area is 128 Å². The van der Waals surface area contributed by atoms with E-state index in [0.717, 1.165) is 0 Å². The third-order valence-corrected chi connectivity index (χ3v) is 3.38. The minimum atomic E-state index is -0.447. The fourth-order valence-electron chi connectivity index (χ4n) is 1.44. The number of hydrogen-bond acceptors (Lipinski definition) is 6. The molecule has 0 saturated carbocycles. The van der Waals surface area contributed by atoms with Crippen molar-refractivity contribution in [3.63, 3.8) is 0 Å². The molecule has 0 atom stereocenters. The van der Waals surface area contributed by atoms with Crippen LogP contribution in [0.2, 0.25) is 5.02 Å². The van der Waals surface area contributed by atoms with Crippen LogP contribution in [0.15, 0.2) is 28.9 Å². The number of ether oxygens (including phenoxy) is 1. The highest BCUT2D eigenvalue weighted by Gasteiger charge is 2.11. The molecule has 0 aliphatic heterocycles. The number of aromatic nitrogens is 2. The highest BCUT2D eigenvalue weighted by molar-refractivity contribution is 9.10. The van der Waals surface area contributed by atoms with Gasteiger partial charge in [0.1, 0.15) is 10.8 Å². The summed E-state index contributed by atoms with van der Waals surface area (Å²) in [7, 11) is 1.32. The van der Waals surface area contributed by atoms with E-state index in [1.165, 1.54) is 13.3 Å². The van der Waals surface area contributed by atoms with E-state index in [9.17, 15) is 4.79 Å². The van der Waals surface area contributed by atoms with Crippen LogP contribution in [-0.4, -0.2) is 23.0 Å². The summed E-state index contributed by atoms with van der Waals surface area (Å²) in [6, 6.07) is 5.09. The number of nitrogens with two attached hydrogens (primary N) is 1. The lowest BCUT2D eigenvalue weighted by atomic mass is 10.2. The van der Waals surface area contributed by atoms with Crippen molar-refractivity contribution >= 4 is 51.0 Å². The van der Waals surface area contributed by atoms with Gasteiger partial charge in [0.2, 0.25) is 5.95 Å². The predicted octanol–water partition coefficient (Wildman–Crippen LogP) is 3.00. The molecular formula is C12H10BrClN4O2. The van der Waals surface area contributed by atoms with Gasteiger partial charge in [0.15, 0.2) is 0 Å². The Kier molecular flexibility index (Phi) is 4.41. The van der Waals surface area contributed by atoms with Gasteiger partial charge in [0.05, 0.1) is 18.9 Å². The third kappa shape index (κ3) is 3.17. The van der Waals surface area contributed by atoms with E-state index in [-0.39, 0.29) is 16.8 Å². The summed E-state index contributed by atoms with van der Waals surface area (Å²) in [6.07, 6.45) is 1.40. The van der Waals surface area contributed by atoms with Crippen LogP contribution in [0.5, 0.6) is 0 Å². The topological polar surface area (TPSA) is 90.1 Å². The standard InChI is InChI=1S/C12H10BrClN4O2/c1-20-11(19)7-4-6(2-3-8(7)13)17-12-16-5-9(14)10(15)18-12/h2-5H,1H3,(H3,15,16,17,18). The van der Waals surface area contributed by atoms with Crippen LogP contribution in [0.4, 0.5) is 17.5 Å². The van der Waals surface area contributed by atoms with E-state index in [1.54, 1.807) is 18.2 Å². The molecule has 20 heavy (non-hydrogen) atoms. The predicted molar refractivity (Wildman–Crippen MR) is 80.2 cm³/mol. The Morgan fingerprint density at radius 2 is 2.25 bits per heavy atom. The van der Waals surface area contributed by atoms with Gasteiger partial charge in [-0.1, -0.05) is 11.6 Å². The normalized spacial score (nSPS) is 10.2. The molecule has 0 fully saturated rings. The van der Waals surface area contributed by atoms with Crippen LogP contribution in [0.25, 0.3) is 0 Å². The molecule has 2 rings (SSSR count). The Morgan fingerprint density at radius 3 is 2.90 bits per heavy atom. The van der Waals surface area contributed by atoms with Crippen molar-refractivity contribution in [3.05, 3.63) is 39.5 Å². The molecule has 0 spiro atoms. The molecule has 0 amide bonds. The number of rotatable bonds is 3. The van der Waals surface area contributed by atoms with Crippen molar-refractivity contribution in [2.24, 2.45) is 0 Å². The van der Waals surface area contributed by atoms with Gasteiger partial charge >= 0.3 is 5.97 Å². The number of esters is 1. The number of hydrogen-bond donors (Lipinski definition) is 2.